The summed E-state index contributed by atoms with van der Waals surface area (Å²) in [5.74, 6) is 1.31. The topological polar surface area (TPSA) is 51.6 Å². The van der Waals surface area contributed by atoms with E-state index in [1.165, 1.54) is 12.3 Å². The van der Waals surface area contributed by atoms with Crippen molar-refractivity contribution in [3.8, 4) is 17.2 Å². The third kappa shape index (κ3) is 1.44. The van der Waals surface area contributed by atoms with E-state index in [0.29, 0.717) is 22.4 Å². The summed E-state index contributed by atoms with van der Waals surface area (Å²) in [6, 6.07) is 5.02. The highest BCUT2D eigenvalue weighted by molar-refractivity contribution is 5.91. The van der Waals surface area contributed by atoms with E-state index in [0.717, 1.165) is 0 Å². The molecule has 1 heterocycles. The first kappa shape index (κ1) is 9.58. The molecule has 0 fully saturated rings. The van der Waals surface area contributed by atoms with Gasteiger partial charge in [0.25, 0.3) is 0 Å². The molecule has 1 aromatic carbocycles. The molecule has 0 atom stereocenters. The molecule has 1 N–H and O–H groups in total. The van der Waals surface area contributed by atoms with Crippen LogP contribution >= 0.6 is 0 Å². The van der Waals surface area contributed by atoms with Crippen molar-refractivity contribution in [2.75, 3.05) is 14.2 Å². The molecule has 0 radical (unpaired) electrons. The van der Waals surface area contributed by atoms with Gasteiger partial charge < -0.3 is 14.6 Å². The summed E-state index contributed by atoms with van der Waals surface area (Å²) in [5, 5.41) is 10.3. The number of nitrogens with zero attached hydrogens (tertiary/aromatic N) is 1. The fourth-order valence-electron chi connectivity index (χ4n) is 1.52. The minimum atomic E-state index is 0.181. The summed E-state index contributed by atoms with van der Waals surface area (Å²) in [7, 11) is 3.11. The second-order valence-corrected chi connectivity index (χ2v) is 3.03. The Morgan fingerprint density at radius 2 is 1.93 bits per heavy atom. The minimum absolute atomic E-state index is 0.181. The van der Waals surface area contributed by atoms with Crippen molar-refractivity contribution in [1.29, 1.82) is 0 Å². The Bertz CT molecular complexity index is 496. The van der Waals surface area contributed by atoms with Crippen LogP contribution in [-0.4, -0.2) is 24.3 Å². The van der Waals surface area contributed by atoms with E-state index in [4.69, 9.17) is 9.47 Å². The lowest BCUT2D eigenvalue weighted by molar-refractivity contribution is 0.358. The summed E-state index contributed by atoms with van der Waals surface area (Å²) in [5.41, 5.74) is 0.594. The van der Waals surface area contributed by atoms with Crippen molar-refractivity contribution in [1.82, 2.24) is 4.98 Å². The molecule has 0 aliphatic rings. The van der Waals surface area contributed by atoms with Gasteiger partial charge in [-0.1, -0.05) is 0 Å². The molecule has 4 nitrogen and oxygen atoms in total. The summed E-state index contributed by atoms with van der Waals surface area (Å²) in [6.45, 7) is 0. The molecule has 0 saturated heterocycles. The Hall–Kier alpha value is -1.97. The first-order chi connectivity index (χ1) is 7.27. The highest BCUT2D eigenvalue weighted by atomic mass is 16.5. The van der Waals surface area contributed by atoms with E-state index in [1.807, 2.05) is 0 Å². The first-order valence-electron chi connectivity index (χ1n) is 4.46. The SMILES string of the molecule is COc1ccc2c(O)ccnc2c1OC. The van der Waals surface area contributed by atoms with Crippen LogP contribution in [0.5, 0.6) is 17.2 Å². The van der Waals surface area contributed by atoms with E-state index in [2.05, 4.69) is 4.98 Å². The van der Waals surface area contributed by atoms with Gasteiger partial charge in [0.2, 0.25) is 0 Å². The maximum Gasteiger partial charge on any atom is 0.187 e. The molecule has 2 rings (SSSR count). The predicted molar refractivity (Wildman–Crippen MR) is 56.5 cm³/mol. The van der Waals surface area contributed by atoms with Gasteiger partial charge in [0.15, 0.2) is 11.5 Å². The fourth-order valence-corrected chi connectivity index (χ4v) is 1.52. The average Bonchev–Trinajstić information content (AvgIpc) is 2.28. The zero-order valence-electron chi connectivity index (χ0n) is 8.52. The van der Waals surface area contributed by atoms with E-state index in [-0.39, 0.29) is 5.75 Å². The monoisotopic (exact) mass is 205 g/mol. The van der Waals surface area contributed by atoms with Crippen LogP contribution in [0.2, 0.25) is 0 Å². The summed E-state index contributed by atoms with van der Waals surface area (Å²) < 4.78 is 10.3. The van der Waals surface area contributed by atoms with Crippen LogP contribution in [0.1, 0.15) is 0 Å². The second-order valence-electron chi connectivity index (χ2n) is 3.03. The quantitative estimate of drug-likeness (QED) is 0.814. The van der Waals surface area contributed by atoms with E-state index in [9.17, 15) is 5.11 Å². The van der Waals surface area contributed by atoms with Gasteiger partial charge in [0.1, 0.15) is 11.3 Å². The molecular weight excluding hydrogens is 194 g/mol. The molecule has 0 amide bonds. The number of aromatic hydroxyl groups is 1. The zero-order valence-corrected chi connectivity index (χ0v) is 8.52. The number of fused-ring (bicyclic) bond motifs is 1. The molecule has 15 heavy (non-hydrogen) atoms. The highest BCUT2D eigenvalue weighted by Gasteiger charge is 2.11. The lowest BCUT2D eigenvalue weighted by Crippen LogP contribution is -1.92. The van der Waals surface area contributed by atoms with Crippen LogP contribution in [-0.2, 0) is 0 Å². The molecule has 78 valence electrons. The van der Waals surface area contributed by atoms with Gasteiger partial charge in [-0.25, -0.2) is 0 Å². The largest absolute Gasteiger partial charge is 0.507 e. The molecule has 4 heteroatoms. The van der Waals surface area contributed by atoms with Crippen LogP contribution in [0, 0.1) is 0 Å². The Labute approximate surface area is 87.1 Å². The van der Waals surface area contributed by atoms with Crippen LogP contribution < -0.4 is 9.47 Å². The molecule has 1 aromatic heterocycles. The van der Waals surface area contributed by atoms with Gasteiger partial charge >= 0.3 is 0 Å². The molecule has 0 aliphatic carbocycles. The van der Waals surface area contributed by atoms with Gasteiger partial charge in [-0.2, -0.15) is 0 Å². The lowest BCUT2D eigenvalue weighted by atomic mass is 10.2. The van der Waals surface area contributed by atoms with Gasteiger partial charge in [-0.15, -0.1) is 0 Å². The van der Waals surface area contributed by atoms with Gasteiger partial charge in [-0.3, -0.25) is 4.98 Å². The maximum atomic E-state index is 9.62. The number of benzene rings is 1. The summed E-state index contributed by atoms with van der Waals surface area (Å²) >= 11 is 0. The molecule has 0 unspecified atom stereocenters. The van der Waals surface area contributed by atoms with Crippen LogP contribution in [0.3, 0.4) is 0 Å². The van der Waals surface area contributed by atoms with Gasteiger partial charge in [0, 0.05) is 11.6 Å². The number of hydrogen-bond acceptors (Lipinski definition) is 4. The number of pyridine rings is 1. The second kappa shape index (κ2) is 3.65. The fraction of sp³-hybridized carbons (Fsp3) is 0.182. The third-order valence-electron chi connectivity index (χ3n) is 2.23. The van der Waals surface area contributed by atoms with Crippen LogP contribution in [0.25, 0.3) is 10.9 Å². The first-order valence-corrected chi connectivity index (χ1v) is 4.46. The Morgan fingerprint density at radius 3 is 2.60 bits per heavy atom. The average molecular weight is 205 g/mol. The molecule has 0 aliphatic heterocycles. The van der Waals surface area contributed by atoms with E-state index in [1.54, 1.807) is 26.4 Å². The number of aromatic nitrogens is 1. The van der Waals surface area contributed by atoms with Crippen LogP contribution in [0.4, 0.5) is 0 Å². The normalized spacial score (nSPS) is 10.3. The van der Waals surface area contributed by atoms with Crippen LogP contribution in [0.15, 0.2) is 24.4 Å². The number of rotatable bonds is 2. The lowest BCUT2D eigenvalue weighted by Gasteiger charge is -2.10. The summed E-state index contributed by atoms with van der Waals surface area (Å²) in [4.78, 5) is 4.16. The number of hydrogen-bond donors (Lipinski definition) is 1. The van der Waals surface area contributed by atoms with Gasteiger partial charge in [-0.05, 0) is 18.2 Å². The molecule has 0 spiro atoms. The maximum absolute atomic E-state index is 9.62. The van der Waals surface area contributed by atoms with Crippen molar-refractivity contribution in [3.05, 3.63) is 24.4 Å². The Balaban J connectivity index is 2.82. The smallest absolute Gasteiger partial charge is 0.187 e. The molecule has 2 aromatic rings. The highest BCUT2D eigenvalue weighted by Crippen LogP contribution is 2.36. The van der Waals surface area contributed by atoms with E-state index >= 15 is 0 Å². The van der Waals surface area contributed by atoms with Crippen molar-refractivity contribution < 1.29 is 14.6 Å². The Kier molecular flexibility index (Phi) is 2.33. The van der Waals surface area contributed by atoms with Crippen molar-refractivity contribution in [3.63, 3.8) is 0 Å². The number of ether oxygens (including phenoxy) is 2. The third-order valence-corrected chi connectivity index (χ3v) is 2.23. The number of methoxy groups -OCH3 is 2. The van der Waals surface area contributed by atoms with Crippen molar-refractivity contribution in [2.24, 2.45) is 0 Å². The Morgan fingerprint density at radius 1 is 1.13 bits per heavy atom. The zero-order chi connectivity index (χ0) is 10.8. The van der Waals surface area contributed by atoms with Crippen molar-refractivity contribution in [2.45, 2.75) is 0 Å². The standard InChI is InChI=1S/C11H11NO3/c1-14-9-4-3-7-8(13)5-6-12-10(7)11(9)15-2/h3-6H,1-2H3,(H,12,13). The summed E-state index contributed by atoms with van der Waals surface area (Å²) in [6.07, 6.45) is 1.53. The minimum Gasteiger partial charge on any atom is -0.507 e. The molecule has 0 bridgehead atoms. The molecular formula is C11H11NO3. The molecule has 0 saturated carbocycles. The van der Waals surface area contributed by atoms with Gasteiger partial charge in [0.05, 0.1) is 14.2 Å². The van der Waals surface area contributed by atoms with E-state index < -0.39 is 0 Å². The predicted octanol–water partition coefficient (Wildman–Crippen LogP) is 1.96. The van der Waals surface area contributed by atoms with Crippen molar-refractivity contribution >= 4 is 10.9 Å².